The molecule has 0 N–H and O–H groups in total. The van der Waals surface area contributed by atoms with Gasteiger partial charge in [-0.25, -0.2) is 0 Å². The van der Waals surface area contributed by atoms with Crippen molar-refractivity contribution in [1.82, 2.24) is 0 Å². The minimum atomic E-state index is 0.00921. The van der Waals surface area contributed by atoms with Crippen LogP contribution in [0.15, 0.2) is 60.7 Å². The Labute approximate surface area is 101 Å². The summed E-state index contributed by atoms with van der Waals surface area (Å²) in [5.74, 6) is 0. The second-order valence-corrected chi connectivity index (χ2v) is 6.13. The van der Waals surface area contributed by atoms with E-state index in [0.717, 1.165) is 0 Å². The molecule has 0 nitrogen and oxygen atoms in total. The average Bonchev–Trinajstić information content (AvgIpc) is 2.33. The maximum absolute atomic E-state index is 2.37. The van der Waals surface area contributed by atoms with E-state index in [0.29, 0.717) is 3.97 Å². The fourth-order valence-corrected chi connectivity index (χ4v) is 4.17. The molecule has 76 valence electrons. The Bertz CT molecular complexity index is 355. The van der Waals surface area contributed by atoms with Crippen LogP contribution in [0.3, 0.4) is 0 Å². The van der Waals surface area contributed by atoms with Crippen LogP contribution in [0.2, 0.25) is 4.97 Å². The molecule has 0 radical (unpaired) electrons. The number of rotatable bonds is 3. The second kappa shape index (κ2) is 5.35. The summed E-state index contributed by atoms with van der Waals surface area (Å²) in [6.45, 7) is 0. The summed E-state index contributed by atoms with van der Waals surface area (Å²) in [5, 5.41) is 0. The van der Waals surface area contributed by atoms with Crippen molar-refractivity contribution in [2.75, 3.05) is 0 Å². The molecule has 0 amide bonds. The van der Waals surface area contributed by atoms with Gasteiger partial charge in [0.15, 0.2) is 0 Å². The zero-order valence-electron chi connectivity index (χ0n) is 8.76. The van der Waals surface area contributed by atoms with Gasteiger partial charge < -0.3 is 0 Å². The van der Waals surface area contributed by atoms with Gasteiger partial charge in [-0.2, -0.15) is 0 Å². The molecule has 0 aromatic heterocycles. The molecule has 0 aliphatic carbocycles. The first-order valence-corrected chi connectivity index (χ1v) is 8.72. The van der Waals surface area contributed by atoms with Crippen LogP contribution in [0.25, 0.3) is 0 Å². The molecule has 0 fully saturated rings. The first kappa shape index (κ1) is 10.7. The molecule has 0 aliphatic heterocycles. The van der Waals surface area contributed by atoms with Crippen LogP contribution in [0.1, 0.15) is 15.1 Å². The third kappa shape index (κ3) is 2.62. The second-order valence-electron chi connectivity index (χ2n) is 3.44. The van der Waals surface area contributed by atoms with Crippen molar-refractivity contribution in [3.05, 3.63) is 71.8 Å². The van der Waals surface area contributed by atoms with Crippen molar-refractivity contribution in [3.8, 4) is 0 Å². The topological polar surface area (TPSA) is 0 Å². The third-order valence-electron chi connectivity index (χ3n) is 2.44. The molecule has 2 rings (SSSR count). The summed E-state index contributed by atoms with van der Waals surface area (Å²) in [7, 11) is 0. The van der Waals surface area contributed by atoms with Gasteiger partial charge in [0.25, 0.3) is 0 Å². The van der Waals surface area contributed by atoms with Crippen LogP contribution in [0.4, 0.5) is 0 Å². The van der Waals surface area contributed by atoms with Crippen molar-refractivity contribution in [3.63, 3.8) is 0 Å². The van der Waals surface area contributed by atoms with E-state index in [2.05, 4.69) is 65.6 Å². The maximum atomic E-state index is 2.37. The fourth-order valence-electron chi connectivity index (χ4n) is 1.72. The standard InChI is InChI=1S/C14H14Te/c1-15-14(12-8-4-2-5-9-12)13-10-6-3-7-11-13/h2-11,14H,1H3. The van der Waals surface area contributed by atoms with Crippen molar-refractivity contribution in [1.29, 1.82) is 0 Å². The Morgan fingerprint density at radius 3 is 1.47 bits per heavy atom. The summed E-state index contributed by atoms with van der Waals surface area (Å²) < 4.78 is 0.665. The van der Waals surface area contributed by atoms with Gasteiger partial charge in [-0.15, -0.1) is 0 Å². The number of benzene rings is 2. The molecule has 0 unspecified atom stereocenters. The molecule has 2 aromatic rings. The van der Waals surface area contributed by atoms with Gasteiger partial charge in [0.2, 0.25) is 0 Å². The van der Waals surface area contributed by atoms with Crippen LogP contribution in [0.5, 0.6) is 0 Å². The fraction of sp³-hybridized carbons (Fsp3) is 0.143. The molecule has 0 aliphatic rings. The van der Waals surface area contributed by atoms with E-state index >= 15 is 0 Å². The molecule has 0 heterocycles. The predicted molar refractivity (Wildman–Crippen MR) is 66.3 cm³/mol. The molecule has 1 heteroatoms. The molecule has 0 saturated heterocycles. The van der Waals surface area contributed by atoms with Crippen molar-refractivity contribution in [2.45, 2.75) is 8.94 Å². The molecule has 0 saturated carbocycles. The molecular weight excluding hydrogens is 296 g/mol. The Balaban J connectivity index is 2.34. The van der Waals surface area contributed by atoms with Gasteiger partial charge >= 0.3 is 102 Å². The van der Waals surface area contributed by atoms with Crippen molar-refractivity contribution in [2.24, 2.45) is 0 Å². The Morgan fingerprint density at radius 2 is 1.13 bits per heavy atom. The summed E-state index contributed by atoms with van der Waals surface area (Å²) >= 11 is 0.00921. The van der Waals surface area contributed by atoms with Crippen molar-refractivity contribution >= 4 is 20.9 Å². The average molecular weight is 310 g/mol. The zero-order valence-corrected chi connectivity index (χ0v) is 11.1. The Hall–Kier alpha value is -0.770. The van der Waals surface area contributed by atoms with Crippen LogP contribution in [-0.2, 0) is 0 Å². The monoisotopic (exact) mass is 312 g/mol. The summed E-state index contributed by atoms with van der Waals surface area (Å²) in [6, 6.07) is 21.7. The van der Waals surface area contributed by atoms with Crippen LogP contribution in [0, 0.1) is 0 Å². The predicted octanol–water partition coefficient (Wildman–Crippen LogP) is 3.53. The van der Waals surface area contributed by atoms with Gasteiger partial charge in [-0.1, -0.05) is 0 Å². The first-order chi connectivity index (χ1) is 7.42. The van der Waals surface area contributed by atoms with E-state index in [9.17, 15) is 0 Å². The van der Waals surface area contributed by atoms with Gasteiger partial charge in [-0.3, -0.25) is 0 Å². The van der Waals surface area contributed by atoms with Crippen LogP contribution >= 0.6 is 0 Å². The van der Waals surface area contributed by atoms with E-state index in [1.807, 2.05) is 0 Å². The van der Waals surface area contributed by atoms with Crippen LogP contribution in [-0.4, -0.2) is 20.9 Å². The normalized spacial score (nSPS) is 10.5. The molecule has 0 atom stereocenters. The molecule has 15 heavy (non-hydrogen) atoms. The number of hydrogen-bond acceptors (Lipinski definition) is 0. The van der Waals surface area contributed by atoms with Crippen molar-refractivity contribution < 1.29 is 0 Å². The quantitative estimate of drug-likeness (QED) is 0.761. The zero-order chi connectivity index (χ0) is 10.5. The number of hydrogen-bond donors (Lipinski definition) is 0. The third-order valence-corrected chi connectivity index (χ3v) is 5.34. The van der Waals surface area contributed by atoms with E-state index in [4.69, 9.17) is 0 Å². The molecular formula is C14H14Te. The van der Waals surface area contributed by atoms with Gasteiger partial charge in [0.05, 0.1) is 0 Å². The molecule has 2 aromatic carbocycles. The SMILES string of the molecule is C[Te]C(c1ccccc1)c1ccccc1. The van der Waals surface area contributed by atoms with Gasteiger partial charge in [0.1, 0.15) is 0 Å². The minimum absolute atomic E-state index is 0.00921. The van der Waals surface area contributed by atoms with E-state index in [1.165, 1.54) is 11.1 Å². The molecule has 0 spiro atoms. The van der Waals surface area contributed by atoms with Gasteiger partial charge in [0, 0.05) is 0 Å². The van der Waals surface area contributed by atoms with E-state index < -0.39 is 0 Å². The summed E-state index contributed by atoms with van der Waals surface area (Å²) in [4.78, 5) is 2.37. The molecule has 0 bridgehead atoms. The van der Waals surface area contributed by atoms with E-state index in [-0.39, 0.29) is 20.9 Å². The Morgan fingerprint density at radius 1 is 0.733 bits per heavy atom. The summed E-state index contributed by atoms with van der Waals surface area (Å²) in [5.41, 5.74) is 2.93. The van der Waals surface area contributed by atoms with E-state index in [1.54, 1.807) is 0 Å². The Kier molecular flexibility index (Phi) is 3.83. The van der Waals surface area contributed by atoms with Gasteiger partial charge in [-0.05, 0) is 0 Å². The first-order valence-electron chi connectivity index (χ1n) is 5.04. The van der Waals surface area contributed by atoms with Crippen LogP contribution < -0.4 is 0 Å². The summed E-state index contributed by atoms with van der Waals surface area (Å²) in [6.07, 6.45) is 0.